The van der Waals surface area contributed by atoms with Crippen molar-refractivity contribution in [3.05, 3.63) is 0 Å². The van der Waals surface area contributed by atoms with Crippen molar-refractivity contribution in [3.63, 3.8) is 0 Å². The summed E-state index contributed by atoms with van der Waals surface area (Å²) in [5.41, 5.74) is 0.877. The van der Waals surface area contributed by atoms with Crippen LogP contribution in [0.2, 0.25) is 0 Å². The molecule has 0 aromatic rings. The molecule has 0 aliphatic heterocycles. The van der Waals surface area contributed by atoms with Gasteiger partial charge in [-0.3, -0.25) is 0 Å². The Bertz CT molecular complexity index is 229. The van der Waals surface area contributed by atoms with Crippen LogP contribution in [0.25, 0.3) is 0 Å². The van der Waals surface area contributed by atoms with Gasteiger partial charge in [0, 0.05) is 13.2 Å². The second-order valence-electron chi connectivity index (χ2n) is 6.65. The number of hydrogen-bond acceptors (Lipinski definition) is 2. The highest BCUT2D eigenvalue weighted by atomic mass is 16.3. The molecule has 2 nitrogen and oxygen atoms in total. The molecule has 1 fully saturated rings. The minimum atomic E-state index is 0.346. The Morgan fingerprint density at radius 3 is 2.38 bits per heavy atom. The van der Waals surface area contributed by atoms with E-state index in [1.807, 2.05) is 0 Å². The van der Waals surface area contributed by atoms with Gasteiger partial charge in [0.15, 0.2) is 0 Å². The van der Waals surface area contributed by atoms with Crippen molar-refractivity contribution in [3.8, 4) is 0 Å². The normalized spacial score (nSPS) is 39.6. The van der Waals surface area contributed by atoms with E-state index in [0.717, 1.165) is 6.42 Å². The lowest BCUT2D eigenvalue weighted by molar-refractivity contribution is 0.162. The molecule has 1 rings (SSSR count). The first-order valence-electron chi connectivity index (χ1n) is 6.61. The van der Waals surface area contributed by atoms with Crippen LogP contribution >= 0.6 is 0 Å². The molecule has 2 heteroatoms. The third-order valence-electron chi connectivity index (χ3n) is 4.54. The van der Waals surface area contributed by atoms with E-state index < -0.39 is 0 Å². The summed E-state index contributed by atoms with van der Waals surface area (Å²) in [6.07, 6.45) is 4.80. The molecule has 0 spiro atoms. The van der Waals surface area contributed by atoms with E-state index in [9.17, 15) is 5.11 Å². The van der Waals surface area contributed by atoms with Gasteiger partial charge in [0.25, 0.3) is 0 Å². The molecule has 0 aromatic heterocycles. The summed E-state index contributed by atoms with van der Waals surface area (Å²) in [6.45, 7) is 8.64. The number of hydrogen-bond donors (Lipinski definition) is 1. The highest BCUT2D eigenvalue weighted by Gasteiger charge is 2.48. The highest BCUT2D eigenvalue weighted by Crippen LogP contribution is 2.55. The van der Waals surface area contributed by atoms with Crippen molar-refractivity contribution in [2.45, 2.75) is 46.5 Å². The van der Waals surface area contributed by atoms with Crippen LogP contribution in [0.4, 0.5) is 0 Å². The maximum atomic E-state index is 9.20. The summed E-state index contributed by atoms with van der Waals surface area (Å²) in [5.74, 6) is 0.701. The van der Waals surface area contributed by atoms with Crippen molar-refractivity contribution >= 4 is 0 Å². The fraction of sp³-hybridized carbons (Fsp3) is 1.00. The number of aliphatic hydroxyl groups is 1. The van der Waals surface area contributed by atoms with E-state index in [1.54, 1.807) is 0 Å². The molecule has 1 N–H and O–H groups in total. The van der Waals surface area contributed by atoms with Crippen LogP contribution < -0.4 is 0 Å². The van der Waals surface area contributed by atoms with Gasteiger partial charge < -0.3 is 10.0 Å². The van der Waals surface area contributed by atoms with E-state index in [-0.39, 0.29) is 0 Å². The Kier molecular flexibility index (Phi) is 4.42. The maximum absolute atomic E-state index is 9.20. The number of nitrogens with zero attached hydrogens (tertiary/aromatic N) is 1. The molecule has 1 saturated carbocycles. The summed E-state index contributed by atoms with van der Waals surface area (Å²) >= 11 is 0. The molecule has 0 saturated heterocycles. The number of aliphatic hydroxyl groups excluding tert-OH is 1. The lowest BCUT2D eigenvalue weighted by atomic mass is 9.75. The summed E-state index contributed by atoms with van der Waals surface area (Å²) in [7, 11) is 4.32. The molecule has 1 aliphatic carbocycles. The molecule has 0 heterocycles. The molecule has 0 amide bonds. The third-order valence-corrected chi connectivity index (χ3v) is 4.54. The summed E-state index contributed by atoms with van der Waals surface area (Å²) in [6, 6.07) is 0. The van der Waals surface area contributed by atoms with Gasteiger partial charge in [-0.2, -0.15) is 0 Å². The van der Waals surface area contributed by atoms with Crippen molar-refractivity contribution in [1.29, 1.82) is 0 Å². The standard InChI is InChI=1S/C14H29NO/c1-6-14(3)10-13(2,11-15(4)5)9-12(14)7-8-16/h12,16H,6-11H2,1-5H3. The van der Waals surface area contributed by atoms with Gasteiger partial charge in [-0.05, 0) is 50.1 Å². The van der Waals surface area contributed by atoms with Crippen LogP contribution in [0.3, 0.4) is 0 Å². The molecule has 0 aromatic carbocycles. The Balaban J connectivity index is 2.75. The smallest absolute Gasteiger partial charge is 0.0433 e. The quantitative estimate of drug-likeness (QED) is 0.780. The van der Waals surface area contributed by atoms with Gasteiger partial charge in [-0.15, -0.1) is 0 Å². The van der Waals surface area contributed by atoms with E-state index in [2.05, 4.69) is 39.8 Å². The number of rotatable bonds is 5. The molecule has 3 atom stereocenters. The van der Waals surface area contributed by atoms with Crippen LogP contribution in [0.15, 0.2) is 0 Å². The molecule has 96 valence electrons. The fourth-order valence-corrected chi connectivity index (χ4v) is 3.94. The molecular weight excluding hydrogens is 198 g/mol. The van der Waals surface area contributed by atoms with Gasteiger partial charge in [-0.1, -0.05) is 27.2 Å². The Morgan fingerprint density at radius 1 is 1.31 bits per heavy atom. The van der Waals surface area contributed by atoms with Crippen molar-refractivity contribution in [1.82, 2.24) is 4.90 Å². The van der Waals surface area contributed by atoms with Gasteiger partial charge >= 0.3 is 0 Å². The minimum Gasteiger partial charge on any atom is -0.396 e. The van der Waals surface area contributed by atoms with Crippen molar-refractivity contribution < 1.29 is 5.11 Å². The molecular formula is C14H29NO. The van der Waals surface area contributed by atoms with Crippen molar-refractivity contribution in [2.75, 3.05) is 27.2 Å². The van der Waals surface area contributed by atoms with Gasteiger partial charge in [-0.25, -0.2) is 0 Å². The molecule has 0 radical (unpaired) electrons. The van der Waals surface area contributed by atoms with E-state index in [4.69, 9.17) is 0 Å². The van der Waals surface area contributed by atoms with E-state index in [0.29, 0.717) is 23.4 Å². The van der Waals surface area contributed by atoms with Gasteiger partial charge in [0.05, 0.1) is 0 Å². The largest absolute Gasteiger partial charge is 0.396 e. The lowest BCUT2D eigenvalue weighted by Crippen LogP contribution is -2.30. The van der Waals surface area contributed by atoms with Crippen LogP contribution in [-0.4, -0.2) is 37.3 Å². The van der Waals surface area contributed by atoms with E-state index in [1.165, 1.54) is 25.8 Å². The van der Waals surface area contributed by atoms with Crippen LogP contribution in [-0.2, 0) is 0 Å². The zero-order valence-electron chi connectivity index (χ0n) is 11.7. The zero-order chi connectivity index (χ0) is 12.4. The average Bonchev–Trinajstić information content (AvgIpc) is 2.38. The second-order valence-corrected chi connectivity index (χ2v) is 6.65. The summed E-state index contributed by atoms with van der Waals surface area (Å²) in [5, 5.41) is 9.20. The molecule has 16 heavy (non-hydrogen) atoms. The Labute approximate surface area is 101 Å². The Morgan fingerprint density at radius 2 is 1.94 bits per heavy atom. The SMILES string of the molecule is CCC1(C)CC(C)(CN(C)C)CC1CCO. The van der Waals surface area contributed by atoms with Crippen LogP contribution in [0, 0.1) is 16.7 Å². The van der Waals surface area contributed by atoms with Crippen LogP contribution in [0.1, 0.15) is 46.5 Å². The predicted molar refractivity (Wildman–Crippen MR) is 69.5 cm³/mol. The van der Waals surface area contributed by atoms with Crippen molar-refractivity contribution in [2.24, 2.45) is 16.7 Å². The predicted octanol–water partition coefficient (Wildman–Crippen LogP) is 2.76. The van der Waals surface area contributed by atoms with E-state index >= 15 is 0 Å². The third kappa shape index (κ3) is 2.98. The monoisotopic (exact) mass is 227 g/mol. The molecule has 1 aliphatic rings. The van der Waals surface area contributed by atoms with Gasteiger partial charge in [0.1, 0.15) is 0 Å². The second kappa shape index (κ2) is 5.05. The van der Waals surface area contributed by atoms with Crippen LogP contribution in [0.5, 0.6) is 0 Å². The first-order chi connectivity index (χ1) is 7.35. The highest BCUT2D eigenvalue weighted by molar-refractivity contribution is 4.98. The average molecular weight is 227 g/mol. The Hall–Kier alpha value is -0.0800. The zero-order valence-corrected chi connectivity index (χ0v) is 11.7. The summed E-state index contributed by atoms with van der Waals surface area (Å²) in [4.78, 5) is 2.30. The first kappa shape index (κ1) is 14.0. The molecule has 3 unspecified atom stereocenters. The fourth-order valence-electron chi connectivity index (χ4n) is 3.94. The maximum Gasteiger partial charge on any atom is 0.0433 e. The lowest BCUT2D eigenvalue weighted by Gasteiger charge is -2.31. The summed E-state index contributed by atoms with van der Waals surface area (Å²) < 4.78 is 0. The topological polar surface area (TPSA) is 23.5 Å². The first-order valence-corrected chi connectivity index (χ1v) is 6.61. The van der Waals surface area contributed by atoms with Gasteiger partial charge in [0.2, 0.25) is 0 Å². The molecule has 0 bridgehead atoms. The minimum absolute atomic E-state index is 0.346.